The van der Waals surface area contributed by atoms with Crippen LogP contribution in [0, 0.1) is 11.8 Å². The molecule has 0 aromatic heterocycles. The first-order chi connectivity index (χ1) is 19.5. The molecule has 3 saturated heterocycles. The number of esters is 1. The molecular formula is C30H37N3O7. The van der Waals surface area contributed by atoms with Gasteiger partial charge >= 0.3 is 5.97 Å². The van der Waals surface area contributed by atoms with Gasteiger partial charge in [0.25, 0.3) is 0 Å². The van der Waals surface area contributed by atoms with Gasteiger partial charge in [0.1, 0.15) is 29.8 Å². The molecule has 0 bridgehead atoms. The van der Waals surface area contributed by atoms with Gasteiger partial charge in [-0.25, -0.2) is 0 Å². The second-order valence-electron chi connectivity index (χ2n) is 11.1. The second kappa shape index (κ2) is 10.7. The third kappa shape index (κ3) is 4.20. The Hall–Kier alpha value is -3.05. The Balaban J connectivity index is 1.43. The number of likely N-dealkylation sites (tertiary alicyclic amines) is 1. The SMILES string of the molecule is CC[C@@]12C=CCOC(=O)[C@@H]1[C@H]1C(=O)N([C@H](CO)c3ccccc3)C3C(=O)N(CCN4CCOCC4)CC=C[C@@]31O2. The second-order valence-corrected chi connectivity index (χ2v) is 11.1. The number of hydrogen-bond acceptors (Lipinski definition) is 8. The molecule has 5 heterocycles. The first-order valence-electron chi connectivity index (χ1n) is 14.2. The summed E-state index contributed by atoms with van der Waals surface area (Å²) in [5.41, 5.74) is -1.75. The highest BCUT2D eigenvalue weighted by Crippen LogP contribution is 2.59. The maximum Gasteiger partial charge on any atom is 0.313 e. The fourth-order valence-corrected chi connectivity index (χ4v) is 7.24. The van der Waals surface area contributed by atoms with Gasteiger partial charge in [-0.15, -0.1) is 0 Å². The van der Waals surface area contributed by atoms with E-state index < -0.39 is 41.1 Å². The molecule has 2 amide bonds. The third-order valence-electron chi connectivity index (χ3n) is 9.20. The molecule has 1 unspecified atom stereocenters. The molecule has 0 saturated carbocycles. The number of carbonyl (C=O) groups is 3. The molecule has 1 aromatic carbocycles. The van der Waals surface area contributed by atoms with E-state index in [0.29, 0.717) is 44.8 Å². The van der Waals surface area contributed by atoms with E-state index >= 15 is 0 Å². The van der Waals surface area contributed by atoms with Gasteiger partial charge < -0.3 is 29.1 Å². The first-order valence-corrected chi connectivity index (χ1v) is 14.2. The lowest BCUT2D eigenvalue weighted by Gasteiger charge is -2.41. The van der Waals surface area contributed by atoms with Crippen molar-refractivity contribution in [2.75, 3.05) is 59.2 Å². The van der Waals surface area contributed by atoms with Crippen molar-refractivity contribution >= 4 is 17.8 Å². The van der Waals surface area contributed by atoms with E-state index in [9.17, 15) is 19.5 Å². The van der Waals surface area contributed by atoms with Crippen LogP contribution in [-0.2, 0) is 28.6 Å². The summed E-state index contributed by atoms with van der Waals surface area (Å²) >= 11 is 0. The summed E-state index contributed by atoms with van der Waals surface area (Å²) in [6.07, 6.45) is 7.76. The van der Waals surface area contributed by atoms with Gasteiger partial charge in [0.2, 0.25) is 11.8 Å². The van der Waals surface area contributed by atoms with Gasteiger partial charge in [-0.05, 0) is 18.1 Å². The van der Waals surface area contributed by atoms with Gasteiger partial charge in [0, 0.05) is 32.7 Å². The number of amides is 2. The predicted octanol–water partition coefficient (Wildman–Crippen LogP) is 0.925. The van der Waals surface area contributed by atoms with Crippen molar-refractivity contribution in [1.29, 1.82) is 0 Å². The number of cyclic esters (lactones) is 1. The molecule has 40 heavy (non-hydrogen) atoms. The van der Waals surface area contributed by atoms with Gasteiger partial charge in [0.15, 0.2) is 0 Å². The van der Waals surface area contributed by atoms with Crippen LogP contribution in [0.15, 0.2) is 54.6 Å². The summed E-state index contributed by atoms with van der Waals surface area (Å²) in [6.45, 7) is 6.09. The number of nitrogens with zero attached hydrogens (tertiary/aromatic N) is 3. The molecule has 0 radical (unpaired) electrons. The molecule has 1 N–H and O–H groups in total. The maximum atomic E-state index is 14.5. The van der Waals surface area contributed by atoms with Gasteiger partial charge in [-0.2, -0.15) is 0 Å². The minimum absolute atomic E-state index is 0.106. The van der Waals surface area contributed by atoms with Crippen LogP contribution in [0.5, 0.6) is 0 Å². The average molecular weight is 552 g/mol. The normalized spacial score (nSPS) is 34.6. The highest BCUT2D eigenvalue weighted by molar-refractivity contribution is 5.99. The Bertz CT molecular complexity index is 1200. The Labute approximate surface area is 234 Å². The van der Waals surface area contributed by atoms with E-state index in [-0.39, 0.29) is 25.0 Å². The van der Waals surface area contributed by atoms with E-state index in [1.807, 2.05) is 55.5 Å². The number of rotatable bonds is 7. The van der Waals surface area contributed by atoms with Crippen molar-refractivity contribution in [3.63, 3.8) is 0 Å². The molecule has 6 atom stereocenters. The summed E-state index contributed by atoms with van der Waals surface area (Å²) in [5.74, 6) is -3.01. The van der Waals surface area contributed by atoms with Crippen LogP contribution in [0.1, 0.15) is 24.9 Å². The monoisotopic (exact) mass is 551 g/mol. The van der Waals surface area contributed by atoms with E-state index in [2.05, 4.69) is 4.90 Å². The van der Waals surface area contributed by atoms with E-state index in [0.717, 1.165) is 13.1 Å². The third-order valence-corrected chi connectivity index (χ3v) is 9.20. The lowest BCUT2D eigenvalue weighted by molar-refractivity contribution is -0.161. The van der Waals surface area contributed by atoms with Gasteiger partial charge in [0.05, 0.1) is 31.8 Å². The number of aliphatic hydroxyl groups is 1. The summed E-state index contributed by atoms with van der Waals surface area (Å²) in [4.78, 5) is 48.0. The number of benzene rings is 1. The van der Waals surface area contributed by atoms with Crippen LogP contribution in [0.4, 0.5) is 0 Å². The average Bonchev–Trinajstić information content (AvgIpc) is 3.26. The number of ether oxygens (including phenoxy) is 3. The first kappa shape index (κ1) is 27.1. The molecule has 10 nitrogen and oxygen atoms in total. The molecule has 1 aromatic rings. The molecule has 5 aliphatic rings. The summed E-state index contributed by atoms with van der Waals surface area (Å²) < 4.78 is 17.9. The smallest absolute Gasteiger partial charge is 0.313 e. The largest absolute Gasteiger partial charge is 0.461 e. The van der Waals surface area contributed by atoms with Crippen LogP contribution in [0.2, 0.25) is 0 Å². The minimum Gasteiger partial charge on any atom is -0.461 e. The van der Waals surface area contributed by atoms with E-state index in [1.54, 1.807) is 11.0 Å². The van der Waals surface area contributed by atoms with Crippen LogP contribution >= 0.6 is 0 Å². The molecule has 6 rings (SSSR count). The molecular weight excluding hydrogens is 514 g/mol. The van der Waals surface area contributed by atoms with Crippen molar-refractivity contribution in [3.8, 4) is 0 Å². The van der Waals surface area contributed by atoms with Crippen molar-refractivity contribution in [3.05, 3.63) is 60.2 Å². The summed E-state index contributed by atoms with van der Waals surface area (Å²) in [5, 5.41) is 10.6. The Morgan fingerprint density at radius 3 is 2.50 bits per heavy atom. The molecule has 5 aliphatic heterocycles. The Morgan fingerprint density at radius 2 is 1.77 bits per heavy atom. The predicted molar refractivity (Wildman–Crippen MR) is 144 cm³/mol. The number of morpholine rings is 1. The molecule has 0 aliphatic carbocycles. The summed E-state index contributed by atoms with van der Waals surface area (Å²) in [7, 11) is 0. The lowest BCUT2D eigenvalue weighted by Crippen LogP contribution is -2.57. The van der Waals surface area contributed by atoms with Crippen LogP contribution in [0.25, 0.3) is 0 Å². The highest BCUT2D eigenvalue weighted by atomic mass is 16.6. The minimum atomic E-state index is -1.38. The van der Waals surface area contributed by atoms with E-state index in [4.69, 9.17) is 14.2 Å². The van der Waals surface area contributed by atoms with Crippen molar-refractivity contribution in [2.24, 2.45) is 11.8 Å². The topological polar surface area (TPSA) is 109 Å². The number of carbonyl (C=O) groups excluding carboxylic acids is 3. The number of aliphatic hydroxyl groups excluding tert-OH is 1. The fourth-order valence-electron chi connectivity index (χ4n) is 7.24. The number of hydrogen-bond donors (Lipinski definition) is 1. The van der Waals surface area contributed by atoms with Gasteiger partial charge in [-0.3, -0.25) is 19.3 Å². The quantitative estimate of drug-likeness (QED) is 0.394. The van der Waals surface area contributed by atoms with Crippen molar-refractivity contribution in [2.45, 2.75) is 36.6 Å². The molecule has 1 spiro atoms. The Kier molecular flexibility index (Phi) is 7.28. The van der Waals surface area contributed by atoms with E-state index in [1.165, 1.54) is 4.90 Å². The van der Waals surface area contributed by atoms with Gasteiger partial charge in [-0.1, -0.05) is 55.5 Å². The zero-order chi connectivity index (χ0) is 27.9. The molecule has 214 valence electrons. The fraction of sp³-hybridized carbons (Fsp3) is 0.567. The van der Waals surface area contributed by atoms with Crippen LogP contribution in [0.3, 0.4) is 0 Å². The van der Waals surface area contributed by atoms with Crippen molar-refractivity contribution < 1.29 is 33.7 Å². The van der Waals surface area contributed by atoms with Crippen LogP contribution in [-0.4, -0.2) is 114 Å². The Morgan fingerprint density at radius 1 is 1.00 bits per heavy atom. The zero-order valence-electron chi connectivity index (χ0n) is 22.8. The number of fused-ring (bicyclic) bond motifs is 2. The van der Waals surface area contributed by atoms with Crippen molar-refractivity contribution in [1.82, 2.24) is 14.7 Å². The zero-order valence-corrected chi connectivity index (χ0v) is 22.8. The molecule has 10 heteroatoms. The lowest BCUT2D eigenvalue weighted by atomic mass is 9.73. The molecule has 3 fully saturated rings. The highest BCUT2D eigenvalue weighted by Gasteiger charge is 2.76. The van der Waals surface area contributed by atoms with Crippen LogP contribution < -0.4 is 0 Å². The standard InChI is InChI=1S/C30H37N3O7/c1-2-29-10-7-17-39-28(37)24(29)23-26(35)33(22(20-34)21-8-4-3-5-9-21)25-27(36)32(12-6-11-30(23,25)40-29)14-13-31-15-18-38-19-16-31/h3-11,22-25,34H,2,12-20H2,1H3/t22-,23+,24+,25?,29-,30+/m1/s1. The summed E-state index contributed by atoms with van der Waals surface area (Å²) in [6, 6.07) is 7.37. The maximum absolute atomic E-state index is 14.5.